The van der Waals surface area contributed by atoms with Crippen LogP contribution >= 0.6 is 0 Å². The fourth-order valence-corrected chi connectivity index (χ4v) is 7.34. The van der Waals surface area contributed by atoms with E-state index in [-0.39, 0.29) is 0 Å². The standard InChI is InChI=1S/C47H47N3/c1-31(2)36-13-16-40(17-14-36)50(43-27-34(5)24-35(6)28-43)47-29-37-15-18-41(30-46(37)44-11-9-10-12-45(44)47)49(42-25-32(3)23-33(4)26-42)39-21-19-38(20-22-39)48(7)8/h9-31H,1-8H3. The Bertz CT molecular complexity index is 2270. The summed E-state index contributed by atoms with van der Waals surface area (Å²) in [4.78, 5) is 6.97. The van der Waals surface area contributed by atoms with E-state index in [1.165, 1.54) is 66.4 Å². The van der Waals surface area contributed by atoms with Gasteiger partial charge in [0.25, 0.3) is 0 Å². The highest BCUT2D eigenvalue weighted by atomic mass is 15.2. The Morgan fingerprint density at radius 1 is 0.400 bits per heavy atom. The summed E-state index contributed by atoms with van der Waals surface area (Å²) in [6.45, 7) is 13.2. The highest BCUT2D eigenvalue weighted by Gasteiger charge is 2.20. The number of fused-ring (bicyclic) bond motifs is 3. The third-order valence-corrected chi connectivity index (χ3v) is 9.69. The van der Waals surface area contributed by atoms with E-state index < -0.39 is 0 Å². The van der Waals surface area contributed by atoms with Crippen LogP contribution in [-0.4, -0.2) is 14.1 Å². The van der Waals surface area contributed by atoms with Crippen molar-refractivity contribution in [3.63, 3.8) is 0 Å². The SMILES string of the molecule is Cc1cc(C)cc(N(c2ccc(N(C)C)cc2)c2ccc3cc(N(c4ccc(C(C)C)cc4)c4cc(C)cc(C)c4)c4ccccc4c3c2)c1. The Morgan fingerprint density at radius 3 is 1.44 bits per heavy atom. The van der Waals surface area contributed by atoms with E-state index in [9.17, 15) is 0 Å². The summed E-state index contributed by atoms with van der Waals surface area (Å²) in [6, 6.07) is 49.8. The molecule has 0 atom stereocenters. The molecule has 0 heterocycles. The molecule has 7 aromatic rings. The lowest BCUT2D eigenvalue weighted by Crippen LogP contribution is -2.12. The van der Waals surface area contributed by atoms with Crippen molar-refractivity contribution < 1.29 is 0 Å². The summed E-state index contributed by atoms with van der Waals surface area (Å²) >= 11 is 0. The number of rotatable bonds is 8. The molecule has 0 bridgehead atoms. The summed E-state index contributed by atoms with van der Waals surface area (Å²) in [6.07, 6.45) is 0. The average Bonchev–Trinajstić information content (AvgIpc) is 3.08. The Labute approximate surface area is 298 Å². The molecule has 0 aliphatic rings. The summed E-state index contributed by atoms with van der Waals surface area (Å²) in [5.41, 5.74) is 14.4. The zero-order chi connectivity index (χ0) is 35.1. The monoisotopic (exact) mass is 653 g/mol. The molecule has 0 spiro atoms. The summed E-state index contributed by atoms with van der Waals surface area (Å²) in [5.74, 6) is 0.476. The van der Waals surface area contributed by atoms with Crippen molar-refractivity contribution in [1.82, 2.24) is 0 Å². The van der Waals surface area contributed by atoms with Gasteiger partial charge in [-0.25, -0.2) is 0 Å². The number of nitrogens with zero attached hydrogens (tertiary/aromatic N) is 3. The van der Waals surface area contributed by atoms with Gasteiger partial charge in [0.15, 0.2) is 0 Å². The van der Waals surface area contributed by atoms with Gasteiger partial charge in [0.1, 0.15) is 0 Å². The van der Waals surface area contributed by atoms with Crippen LogP contribution in [0.5, 0.6) is 0 Å². The van der Waals surface area contributed by atoms with Gasteiger partial charge in [-0.3, -0.25) is 0 Å². The minimum absolute atomic E-state index is 0.476. The van der Waals surface area contributed by atoms with Crippen molar-refractivity contribution in [1.29, 1.82) is 0 Å². The second-order valence-electron chi connectivity index (χ2n) is 14.4. The quantitative estimate of drug-likeness (QED) is 0.151. The Kier molecular flexibility index (Phi) is 8.84. The second-order valence-corrected chi connectivity index (χ2v) is 14.4. The first-order valence-corrected chi connectivity index (χ1v) is 17.7. The maximum atomic E-state index is 2.44. The molecule has 0 saturated heterocycles. The molecule has 3 nitrogen and oxygen atoms in total. The number of benzene rings is 7. The first-order chi connectivity index (χ1) is 24.0. The third-order valence-electron chi connectivity index (χ3n) is 9.69. The fourth-order valence-electron chi connectivity index (χ4n) is 7.34. The lowest BCUT2D eigenvalue weighted by atomic mass is 9.97. The van der Waals surface area contributed by atoms with E-state index >= 15 is 0 Å². The normalized spacial score (nSPS) is 11.4. The van der Waals surface area contributed by atoms with Crippen LogP contribution in [-0.2, 0) is 0 Å². The minimum atomic E-state index is 0.476. The van der Waals surface area contributed by atoms with Crippen LogP contribution in [0.15, 0.2) is 133 Å². The van der Waals surface area contributed by atoms with Crippen LogP contribution in [0.25, 0.3) is 21.5 Å². The Hall–Kier alpha value is -5.54. The van der Waals surface area contributed by atoms with Gasteiger partial charge in [0, 0.05) is 53.6 Å². The lowest BCUT2D eigenvalue weighted by molar-refractivity contribution is 0.866. The summed E-state index contributed by atoms with van der Waals surface area (Å²) in [7, 11) is 4.17. The van der Waals surface area contributed by atoms with Crippen LogP contribution in [0.2, 0.25) is 0 Å². The van der Waals surface area contributed by atoms with E-state index in [2.05, 4.69) is 204 Å². The predicted molar refractivity (Wildman–Crippen MR) is 218 cm³/mol. The molecule has 7 aromatic carbocycles. The molecular formula is C47H47N3. The lowest BCUT2D eigenvalue weighted by Gasteiger charge is -2.29. The van der Waals surface area contributed by atoms with Crippen LogP contribution in [0.3, 0.4) is 0 Å². The maximum Gasteiger partial charge on any atom is 0.0546 e. The first-order valence-electron chi connectivity index (χ1n) is 17.7. The molecule has 0 radical (unpaired) electrons. The number of aryl methyl sites for hydroxylation is 4. The van der Waals surface area contributed by atoms with E-state index in [1.807, 2.05) is 0 Å². The van der Waals surface area contributed by atoms with Crippen molar-refractivity contribution in [2.24, 2.45) is 0 Å². The smallest absolute Gasteiger partial charge is 0.0546 e. The number of anilines is 7. The molecule has 0 N–H and O–H groups in total. The van der Waals surface area contributed by atoms with Gasteiger partial charge in [-0.15, -0.1) is 0 Å². The molecule has 0 saturated carbocycles. The van der Waals surface area contributed by atoms with Crippen LogP contribution in [0, 0.1) is 27.7 Å². The first kappa shape index (κ1) is 33.0. The van der Waals surface area contributed by atoms with Gasteiger partial charge in [-0.2, -0.15) is 0 Å². The second kappa shape index (κ2) is 13.4. The molecule has 0 aliphatic carbocycles. The molecule has 0 fully saturated rings. The summed E-state index contributed by atoms with van der Waals surface area (Å²) < 4.78 is 0. The van der Waals surface area contributed by atoms with Gasteiger partial charge >= 0.3 is 0 Å². The molecular weight excluding hydrogens is 607 g/mol. The Morgan fingerprint density at radius 2 is 0.880 bits per heavy atom. The average molecular weight is 654 g/mol. The van der Waals surface area contributed by atoms with Gasteiger partial charge in [0.2, 0.25) is 0 Å². The van der Waals surface area contributed by atoms with Gasteiger partial charge in [0.05, 0.1) is 5.69 Å². The number of hydrogen-bond donors (Lipinski definition) is 0. The third kappa shape index (κ3) is 6.44. The molecule has 3 heteroatoms. The van der Waals surface area contributed by atoms with E-state index in [1.54, 1.807) is 0 Å². The maximum absolute atomic E-state index is 2.44. The van der Waals surface area contributed by atoms with Crippen molar-refractivity contribution >= 4 is 61.4 Å². The van der Waals surface area contributed by atoms with E-state index in [4.69, 9.17) is 0 Å². The summed E-state index contributed by atoms with van der Waals surface area (Å²) in [5, 5.41) is 4.89. The molecule has 0 amide bonds. The van der Waals surface area contributed by atoms with Gasteiger partial charge < -0.3 is 14.7 Å². The van der Waals surface area contributed by atoms with Gasteiger partial charge in [-0.05, 0) is 156 Å². The highest BCUT2D eigenvalue weighted by Crippen LogP contribution is 2.45. The van der Waals surface area contributed by atoms with E-state index in [0.717, 1.165) is 22.7 Å². The molecule has 50 heavy (non-hydrogen) atoms. The Balaban J connectivity index is 1.45. The fraction of sp³-hybridized carbons (Fsp3) is 0.191. The topological polar surface area (TPSA) is 9.72 Å². The molecule has 0 aromatic heterocycles. The van der Waals surface area contributed by atoms with Crippen molar-refractivity contribution in [2.75, 3.05) is 28.8 Å². The van der Waals surface area contributed by atoms with Crippen LogP contribution in [0.4, 0.5) is 39.8 Å². The van der Waals surface area contributed by atoms with Crippen molar-refractivity contribution in [3.05, 3.63) is 161 Å². The van der Waals surface area contributed by atoms with E-state index in [0.29, 0.717) is 5.92 Å². The zero-order valence-corrected chi connectivity index (χ0v) is 30.6. The van der Waals surface area contributed by atoms with Crippen LogP contribution in [0.1, 0.15) is 47.6 Å². The van der Waals surface area contributed by atoms with Gasteiger partial charge in [-0.1, -0.05) is 68.4 Å². The van der Waals surface area contributed by atoms with Crippen molar-refractivity contribution in [2.45, 2.75) is 47.5 Å². The largest absolute Gasteiger partial charge is 0.378 e. The molecule has 7 rings (SSSR count). The van der Waals surface area contributed by atoms with Crippen LogP contribution < -0.4 is 14.7 Å². The molecule has 250 valence electrons. The number of hydrogen-bond acceptors (Lipinski definition) is 3. The van der Waals surface area contributed by atoms with Crippen molar-refractivity contribution in [3.8, 4) is 0 Å². The molecule has 0 unspecified atom stereocenters. The highest BCUT2D eigenvalue weighted by molar-refractivity contribution is 6.15. The zero-order valence-electron chi connectivity index (χ0n) is 30.6. The predicted octanol–water partition coefficient (Wildman–Crippen LogP) is 13.4. The molecule has 0 aliphatic heterocycles. The minimum Gasteiger partial charge on any atom is -0.378 e.